The number of hydrogen-bond donors (Lipinski definition) is 1. The first-order chi connectivity index (χ1) is 9.13. The third-order valence-corrected chi connectivity index (χ3v) is 4.29. The highest BCUT2D eigenvalue weighted by molar-refractivity contribution is 9.10. The molecule has 0 aliphatic carbocycles. The highest BCUT2D eigenvalue weighted by Gasteiger charge is 2.16. The average Bonchev–Trinajstić information content (AvgIpc) is 2.41. The van der Waals surface area contributed by atoms with Crippen LogP contribution in [0.5, 0.6) is 0 Å². The zero-order chi connectivity index (χ0) is 13.8. The number of nitrogens with zero attached hydrogens (tertiary/aromatic N) is 1. The van der Waals surface area contributed by atoms with Crippen LogP contribution < -0.4 is 5.32 Å². The summed E-state index contributed by atoms with van der Waals surface area (Å²) >= 11 is 3.70. The quantitative estimate of drug-likeness (QED) is 0.915. The lowest BCUT2D eigenvalue weighted by atomic mass is 9.98. The van der Waals surface area contributed by atoms with Crippen LogP contribution in [0, 0.1) is 13.8 Å². The molecule has 0 fully saturated rings. The van der Waals surface area contributed by atoms with E-state index in [4.69, 9.17) is 0 Å². The van der Waals surface area contributed by atoms with Gasteiger partial charge in [0.1, 0.15) is 0 Å². The molecule has 0 amide bonds. The summed E-state index contributed by atoms with van der Waals surface area (Å²) in [6.07, 6.45) is 1.96. The molecule has 0 radical (unpaired) electrons. The van der Waals surface area contributed by atoms with Crippen LogP contribution in [0.3, 0.4) is 0 Å². The smallest absolute Gasteiger partial charge is 0.0603 e. The Bertz CT molecular complexity index is 549. The summed E-state index contributed by atoms with van der Waals surface area (Å²) in [5, 5.41) is 3.53. The van der Waals surface area contributed by atoms with Gasteiger partial charge in [-0.3, -0.25) is 4.98 Å². The minimum Gasteiger partial charge on any atom is -0.306 e. The van der Waals surface area contributed by atoms with Crippen molar-refractivity contribution in [2.24, 2.45) is 0 Å². The third kappa shape index (κ3) is 3.23. The summed E-state index contributed by atoms with van der Waals surface area (Å²) in [5.74, 6) is 0. The van der Waals surface area contributed by atoms with Crippen LogP contribution in [-0.2, 0) is 0 Å². The molecule has 100 valence electrons. The standard InChI is InChI=1S/C16H19BrN2/c1-4-18-16(13-9-8-12(3)19-10-13)14-7-5-6-11(2)15(14)17/h5-10,16,18H,4H2,1-3H3. The van der Waals surface area contributed by atoms with E-state index in [9.17, 15) is 0 Å². The summed E-state index contributed by atoms with van der Waals surface area (Å²) in [7, 11) is 0. The minimum atomic E-state index is 0.173. The fourth-order valence-corrected chi connectivity index (χ4v) is 2.65. The highest BCUT2D eigenvalue weighted by Crippen LogP contribution is 2.30. The Labute approximate surface area is 123 Å². The Morgan fingerprint density at radius 1 is 1.21 bits per heavy atom. The Hall–Kier alpha value is -1.19. The molecule has 1 atom stereocenters. The van der Waals surface area contributed by atoms with Crippen molar-refractivity contribution in [3.8, 4) is 0 Å². The van der Waals surface area contributed by atoms with Crippen molar-refractivity contribution in [2.45, 2.75) is 26.8 Å². The topological polar surface area (TPSA) is 24.9 Å². The van der Waals surface area contributed by atoms with Crippen LogP contribution in [0.4, 0.5) is 0 Å². The maximum absolute atomic E-state index is 4.40. The number of benzene rings is 1. The van der Waals surface area contributed by atoms with Gasteiger partial charge in [-0.15, -0.1) is 0 Å². The SMILES string of the molecule is CCNC(c1ccc(C)nc1)c1cccc(C)c1Br. The number of pyridine rings is 1. The van der Waals surface area contributed by atoms with Gasteiger partial charge in [0.15, 0.2) is 0 Å². The van der Waals surface area contributed by atoms with Crippen LogP contribution in [0.25, 0.3) is 0 Å². The van der Waals surface area contributed by atoms with Crippen molar-refractivity contribution < 1.29 is 0 Å². The highest BCUT2D eigenvalue weighted by atomic mass is 79.9. The second kappa shape index (κ2) is 6.31. The second-order valence-electron chi connectivity index (χ2n) is 4.70. The maximum Gasteiger partial charge on any atom is 0.0603 e. The van der Waals surface area contributed by atoms with Crippen LogP contribution in [0.1, 0.15) is 35.3 Å². The molecule has 2 nitrogen and oxygen atoms in total. The van der Waals surface area contributed by atoms with E-state index in [0.717, 1.165) is 12.2 Å². The van der Waals surface area contributed by atoms with Crippen molar-refractivity contribution in [1.29, 1.82) is 0 Å². The Morgan fingerprint density at radius 3 is 2.63 bits per heavy atom. The largest absolute Gasteiger partial charge is 0.306 e. The van der Waals surface area contributed by atoms with Crippen molar-refractivity contribution in [3.05, 3.63) is 63.4 Å². The number of halogens is 1. The molecule has 1 heterocycles. The normalized spacial score (nSPS) is 12.4. The van der Waals surface area contributed by atoms with Crippen LogP contribution >= 0.6 is 15.9 Å². The van der Waals surface area contributed by atoms with Crippen molar-refractivity contribution in [2.75, 3.05) is 6.54 Å². The Kier molecular flexibility index (Phi) is 4.72. The van der Waals surface area contributed by atoms with E-state index < -0.39 is 0 Å². The Morgan fingerprint density at radius 2 is 2.00 bits per heavy atom. The second-order valence-corrected chi connectivity index (χ2v) is 5.49. The van der Waals surface area contributed by atoms with E-state index in [1.54, 1.807) is 0 Å². The molecule has 0 aliphatic heterocycles. The van der Waals surface area contributed by atoms with E-state index in [1.165, 1.54) is 21.2 Å². The molecular weight excluding hydrogens is 300 g/mol. The van der Waals surface area contributed by atoms with Gasteiger partial charge in [0.25, 0.3) is 0 Å². The first-order valence-electron chi connectivity index (χ1n) is 6.54. The molecule has 19 heavy (non-hydrogen) atoms. The van der Waals surface area contributed by atoms with Crippen molar-refractivity contribution >= 4 is 15.9 Å². The van der Waals surface area contributed by atoms with Gasteiger partial charge in [-0.25, -0.2) is 0 Å². The van der Waals surface area contributed by atoms with Crippen molar-refractivity contribution in [1.82, 2.24) is 10.3 Å². The maximum atomic E-state index is 4.40. The van der Waals surface area contributed by atoms with Gasteiger partial charge in [0.2, 0.25) is 0 Å². The summed E-state index contributed by atoms with van der Waals surface area (Å²) < 4.78 is 1.17. The van der Waals surface area contributed by atoms with Gasteiger partial charge in [-0.1, -0.05) is 47.1 Å². The molecule has 0 bridgehead atoms. The molecular formula is C16H19BrN2. The predicted molar refractivity (Wildman–Crippen MR) is 83.4 cm³/mol. The molecule has 1 aromatic carbocycles. The lowest BCUT2D eigenvalue weighted by Gasteiger charge is -2.21. The number of nitrogens with one attached hydrogen (secondary N) is 1. The van der Waals surface area contributed by atoms with Crippen LogP contribution in [0.2, 0.25) is 0 Å². The van der Waals surface area contributed by atoms with Crippen LogP contribution in [0.15, 0.2) is 41.0 Å². The fraction of sp³-hybridized carbons (Fsp3) is 0.312. The molecule has 2 aromatic rings. The number of hydrogen-bond acceptors (Lipinski definition) is 2. The van der Waals surface area contributed by atoms with E-state index in [1.807, 2.05) is 13.1 Å². The third-order valence-electron chi connectivity index (χ3n) is 3.21. The number of rotatable bonds is 4. The van der Waals surface area contributed by atoms with Gasteiger partial charge in [-0.2, -0.15) is 0 Å². The first kappa shape index (κ1) is 14.2. The molecule has 1 N–H and O–H groups in total. The minimum absolute atomic E-state index is 0.173. The van der Waals surface area contributed by atoms with Crippen LogP contribution in [-0.4, -0.2) is 11.5 Å². The van der Waals surface area contributed by atoms with E-state index in [0.29, 0.717) is 0 Å². The molecule has 0 saturated heterocycles. The van der Waals surface area contributed by atoms with E-state index in [2.05, 4.69) is 70.4 Å². The monoisotopic (exact) mass is 318 g/mol. The molecule has 0 aliphatic rings. The predicted octanol–water partition coefficient (Wildman–Crippen LogP) is 4.16. The first-order valence-corrected chi connectivity index (χ1v) is 7.33. The molecule has 0 spiro atoms. The zero-order valence-electron chi connectivity index (χ0n) is 11.6. The number of aryl methyl sites for hydroxylation is 2. The van der Waals surface area contributed by atoms with Gasteiger partial charge in [0, 0.05) is 16.4 Å². The van der Waals surface area contributed by atoms with Gasteiger partial charge in [-0.05, 0) is 43.1 Å². The van der Waals surface area contributed by atoms with Gasteiger partial charge >= 0.3 is 0 Å². The van der Waals surface area contributed by atoms with Gasteiger partial charge in [0.05, 0.1) is 6.04 Å². The molecule has 1 unspecified atom stereocenters. The molecule has 3 heteroatoms. The molecule has 2 rings (SSSR count). The number of aromatic nitrogens is 1. The summed E-state index contributed by atoms with van der Waals surface area (Å²) in [6, 6.07) is 10.7. The lowest BCUT2D eigenvalue weighted by Crippen LogP contribution is -2.22. The lowest BCUT2D eigenvalue weighted by molar-refractivity contribution is 0.625. The van der Waals surface area contributed by atoms with Gasteiger partial charge < -0.3 is 5.32 Å². The van der Waals surface area contributed by atoms with Crippen molar-refractivity contribution in [3.63, 3.8) is 0 Å². The zero-order valence-corrected chi connectivity index (χ0v) is 13.2. The summed E-state index contributed by atoms with van der Waals surface area (Å²) in [6.45, 7) is 7.16. The fourth-order valence-electron chi connectivity index (χ4n) is 2.15. The van der Waals surface area contributed by atoms with E-state index >= 15 is 0 Å². The Balaban J connectivity index is 2.45. The van der Waals surface area contributed by atoms with E-state index in [-0.39, 0.29) is 6.04 Å². The summed E-state index contributed by atoms with van der Waals surface area (Å²) in [4.78, 5) is 4.40. The molecule has 1 aromatic heterocycles. The molecule has 0 saturated carbocycles. The average molecular weight is 319 g/mol. The summed E-state index contributed by atoms with van der Waals surface area (Å²) in [5.41, 5.74) is 4.74.